The molecule has 146 valence electrons. The van der Waals surface area contributed by atoms with Crippen molar-refractivity contribution in [1.29, 1.82) is 0 Å². The van der Waals surface area contributed by atoms with E-state index < -0.39 is 5.82 Å². The van der Waals surface area contributed by atoms with Crippen molar-refractivity contribution in [3.63, 3.8) is 0 Å². The highest BCUT2D eigenvalue weighted by molar-refractivity contribution is 6.00. The average molecular weight is 390 g/mol. The molecule has 0 unspecified atom stereocenters. The fraction of sp³-hybridized carbons (Fsp3) is 0.136. The summed E-state index contributed by atoms with van der Waals surface area (Å²) in [7, 11) is 0. The van der Waals surface area contributed by atoms with Gasteiger partial charge in [-0.05, 0) is 43.7 Å². The van der Waals surface area contributed by atoms with Crippen LogP contribution in [-0.4, -0.2) is 20.8 Å². The fourth-order valence-electron chi connectivity index (χ4n) is 3.27. The van der Waals surface area contributed by atoms with Crippen LogP contribution in [0.25, 0.3) is 22.2 Å². The molecule has 0 radical (unpaired) electrons. The molecule has 2 heterocycles. The molecule has 0 amide bonds. The number of carbonyl (C=O) groups excluding carboxylic acids is 1. The Morgan fingerprint density at radius 2 is 1.90 bits per heavy atom. The lowest BCUT2D eigenvalue weighted by Gasteiger charge is -2.09. The van der Waals surface area contributed by atoms with Gasteiger partial charge in [0, 0.05) is 17.8 Å². The Morgan fingerprint density at radius 1 is 1.14 bits per heavy atom. The van der Waals surface area contributed by atoms with Crippen LogP contribution in [0.15, 0.2) is 55.0 Å². The van der Waals surface area contributed by atoms with Crippen LogP contribution >= 0.6 is 0 Å². The van der Waals surface area contributed by atoms with Crippen LogP contribution in [0.2, 0.25) is 0 Å². The molecule has 0 bridgehead atoms. The van der Waals surface area contributed by atoms with Gasteiger partial charge in [-0.1, -0.05) is 18.2 Å². The predicted octanol–water partition coefficient (Wildman–Crippen LogP) is 5.01. The predicted molar refractivity (Wildman–Crippen MR) is 110 cm³/mol. The molecule has 0 saturated heterocycles. The number of aldehydes is 1. The van der Waals surface area contributed by atoms with Crippen molar-refractivity contribution < 1.29 is 13.9 Å². The largest absolute Gasteiger partial charge is 0.454 e. The Balaban J connectivity index is 1.74. The van der Waals surface area contributed by atoms with Crippen molar-refractivity contribution in [3.8, 4) is 22.6 Å². The van der Waals surface area contributed by atoms with Crippen molar-refractivity contribution in [2.24, 2.45) is 0 Å². The summed E-state index contributed by atoms with van der Waals surface area (Å²) < 4.78 is 21.7. The summed E-state index contributed by atoms with van der Waals surface area (Å²) in [5.74, 6) is 0.137. The second-order valence-corrected chi connectivity index (χ2v) is 6.90. The number of nitrogens with zero attached hydrogens (tertiary/aromatic N) is 3. The molecule has 0 aliphatic carbocycles. The van der Waals surface area contributed by atoms with Crippen LogP contribution in [0.4, 0.5) is 10.2 Å². The van der Waals surface area contributed by atoms with E-state index in [1.165, 1.54) is 24.5 Å². The number of nitrogen functional groups attached to an aromatic ring is 1. The van der Waals surface area contributed by atoms with Gasteiger partial charge in [-0.2, -0.15) is 0 Å². The van der Waals surface area contributed by atoms with E-state index in [0.29, 0.717) is 17.9 Å². The Labute approximate surface area is 166 Å². The third kappa shape index (κ3) is 3.31. The van der Waals surface area contributed by atoms with Gasteiger partial charge in [0.15, 0.2) is 17.9 Å². The Kier molecular flexibility index (Phi) is 4.72. The molecule has 0 spiro atoms. The van der Waals surface area contributed by atoms with Gasteiger partial charge in [0.05, 0.1) is 10.9 Å². The SMILES string of the molecule is CC(C)n1cc(-c2ccc(Oc3c(F)cccc3C=O)cc2)c2c(N)ncnc21. The topological polar surface area (TPSA) is 83.0 Å². The number of anilines is 1. The number of hydrogen-bond donors (Lipinski definition) is 1. The normalized spacial score (nSPS) is 11.2. The summed E-state index contributed by atoms with van der Waals surface area (Å²) in [5, 5.41) is 0.784. The van der Waals surface area contributed by atoms with Crippen LogP contribution in [0.5, 0.6) is 11.5 Å². The van der Waals surface area contributed by atoms with Crippen molar-refractivity contribution >= 4 is 23.1 Å². The third-order valence-corrected chi connectivity index (χ3v) is 4.70. The van der Waals surface area contributed by atoms with Gasteiger partial charge in [0.1, 0.15) is 23.5 Å². The fourth-order valence-corrected chi connectivity index (χ4v) is 3.27. The smallest absolute Gasteiger partial charge is 0.173 e. The van der Waals surface area contributed by atoms with Gasteiger partial charge in [0.2, 0.25) is 0 Å². The monoisotopic (exact) mass is 390 g/mol. The number of rotatable bonds is 5. The number of ether oxygens (including phenoxy) is 1. The van der Waals surface area contributed by atoms with E-state index in [1.54, 1.807) is 12.1 Å². The molecular formula is C22H19FN4O2. The van der Waals surface area contributed by atoms with Gasteiger partial charge in [-0.15, -0.1) is 0 Å². The molecule has 6 nitrogen and oxygen atoms in total. The molecule has 29 heavy (non-hydrogen) atoms. The molecule has 2 aromatic heterocycles. The maximum absolute atomic E-state index is 14.0. The van der Waals surface area contributed by atoms with Crippen molar-refractivity contribution in [1.82, 2.24) is 14.5 Å². The number of fused-ring (bicyclic) bond motifs is 1. The molecule has 0 fully saturated rings. The standard InChI is InChI=1S/C22H19FN4O2/c1-13(2)27-10-17(19-21(24)25-12-26-22(19)27)14-6-8-16(9-7-14)29-20-15(11-28)4-3-5-18(20)23/h3-13H,1-2H3,(H2,24,25,26). The molecule has 0 aliphatic heterocycles. The van der Waals surface area contributed by atoms with Crippen LogP contribution < -0.4 is 10.5 Å². The minimum absolute atomic E-state index is 0.0932. The molecular weight excluding hydrogens is 371 g/mol. The van der Waals surface area contributed by atoms with Crippen LogP contribution in [0, 0.1) is 5.82 Å². The summed E-state index contributed by atoms with van der Waals surface area (Å²) in [6, 6.07) is 11.6. The quantitative estimate of drug-likeness (QED) is 0.485. The number of benzene rings is 2. The summed E-state index contributed by atoms with van der Waals surface area (Å²) in [6.07, 6.45) is 4.02. The van der Waals surface area contributed by atoms with Crippen LogP contribution in [0.3, 0.4) is 0 Å². The number of aromatic nitrogens is 3. The van der Waals surface area contributed by atoms with Gasteiger partial charge in [0.25, 0.3) is 0 Å². The first-order valence-electron chi connectivity index (χ1n) is 9.12. The first-order chi connectivity index (χ1) is 14.0. The van der Waals surface area contributed by atoms with Crippen LogP contribution in [0.1, 0.15) is 30.2 Å². The number of halogens is 1. The summed E-state index contributed by atoms with van der Waals surface area (Å²) in [5.41, 5.74) is 8.84. The zero-order chi connectivity index (χ0) is 20.5. The van der Waals surface area contributed by atoms with E-state index in [0.717, 1.165) is 22.2 Å². The first kappa shape index (κ1) is 18.6. The highest BCUT2D eigenvalue weighted by Gasteiger charge is 2.17. The molecule has 0 aliphatic rings. The molecule has 0 saturated carbocycles. The lowest BCUT2D eigenvalue weighted by Crippen LogP contribution is -2.00. The summed E-state index contributed by atoms with van der Waals surface area (Å²) in [4.78, 5) is 19.7. The molecule has 4 aromatic rings. The molecule has 4 rings (SSSR count). The number of carbonyl (C=O) groups is 1. The Hall–Kier alpha value is -3.74. The lowest BCUT2D eigenvalue weighted by atomic mass is 10.1. The van der Waals surface area contributed by atoms with Crippen molar-refractivity contribution in [2.45, 2.75) is 19.9 Å². The second-order valence-electron chi connectivity index (χ2n) is 6.90. The molecule has 2 N–H and O–H groups in total. The van der Waals surface area contributed by atoms with E-state index in [2.05, 4.69) is 23.8 Å². The molecule has 7 heteroatoms. The average Bonchev–Trinajstić information content (AvgIpc) is 3.11. The highest BCUT2D eigenvalue weighted by Crippen LogP contribution is 2.35. The van der Waals surface area contributed by atoms with Gasteiger partial charge < -0.3 is 15.0 Å². The van der Waals surface area contributed by atoms with E-state index in [1.807, 2.05) is 22.9 Å². The second kappa shape index (κ2) is 7.35. The summed E-state index contributed by atoms with van der Waals surface area (Å²) in [6.45, 7) is 4.13. The third-order valence-electron chi connectivity index (χ3n) is 4.70. The van der Waals surface area contributed by atoms with E-state index in [-0.39, 0.29) is 17.4 Å². The minimum Gasteiger partial charge on any atom is -0.454 e. The van der Waals surface area contributed by atoms with E-state index in [9.17, 15) is 9.18 Å². The maximum Gasteiger partial charge on any atom is 0.173 e. The number of para-hydroxylation sites is 1. The summed E-state index contributed by atoms with van der Waals surface area (Å²) >= 11 is 0. The number of hydrogen-bond acceptors (Lipinski definition) is 5. The van der Waals surface area contributed by atoms with Crippen molar-refractivity contribution in [3.05, 3.63) is 66.4 Å². The number of nitrogens with two attached hydrogens (primary N) is 1. The zero-order valence-corrected chi connectivity index (χ0v) is 16.0. The Morgan fingerprint density at radius 3 is 2.59 bits per heavy atom. The minimum atomic E-state index is -0.594. The van der Waals surface area contributed by atoms with Gasteiger partial charge >= 0.3 is 0 Å². The molecule has 2 aromatic carbocycles. The van der Waals surface area contributed by atoms with E-state index in [4.69, 9.17) is 10.5 Å². The highest BCUT2D eigenvalue weighted by atomic mass is 19.1. The zero-order valence-electron chi connectivity index (χ0n) is 16.0. The first-order valence-corrected chi connectivity index (χ1v) is 9.12. The lowest BCUT2D eigenvalue weighted by molar-refractivity contribution is 0.112. The Bertz CT molecular complexity index is 1200. The molecule has 0 atom stereocenters. The van der Waals surface area contributed by atoms with E-state index >= 15 is 0 Å². The van der Waals surface area contributed by atoms with Gasteiger partial charge in [-0.3, -0.25) is 4.79 Å². The van der Waals surface area contributed by atoms with Crippen LogP contribution in [-0.2, 0) is 0 Å². The van der Waals surface area contributed by atoms with Gasteiger partial charge in [-0.25, -0.2) is 14.4 Å². The maximum atomic E-state index is 14.0. The van der Waals surface area contributed by atoms with Crippen molar-refractivity contribution in [2.75, 3.05) is 5.73 Å².